The minimum absolute atomic E-state index is 0.0279. The molecule has 25 heteroatoms. The van der Waals surface area contributed by atoms with Gasteiger partial charge < -0.3 is 89.1 Å². The van der Waals surface area contributed by atoms with E-state index < -0.39 is 156 Å². The number of rotatable bonds is 57. The van der Waals surface area contributed by atoms with Gasteiger partial charge in [-0.2, -0.15) is 0 Å². The summed E-state index contributed by atoms with van der Waals surface area (Å²) in [7, 11) is -5.72. The molecule has 562 valence electrons. The zero-order valence-electron chi connectivity index (χ0n) is 58.4. The van der Waals surface area contributed by atoms with Crippen molar-refractivity contribution < 1.29 is 117 Å². The van der Waals surface area contributed by atoms with E-state index in [1.807, 2.05) is 6.08 Å². The van der Waals surface area contributed by atoms with E-state index in [2.05, 4.69) is 20.8 Å². The lowest BCUT2D eigenvalue weighted by molar-refractivity contribution is -0.360. The van der Waals surface area contributed by atoms with E-state index in [9.17, 15) is 74.9 Å². The Labute approximate surface area is 573 Å². The summed E-state index contributed by atoms with van der Waals surface area (Å²) in [4.78, 5) is 50.8. The largest absolute Gasteiger partial charge is 0.472 e. The maximum absolute atomic E-state index is 14.3. The van der Waals surface area contributed by atoms with Crippen LogP contribution in [-0.2, 0) is 61.2 Å². The van der Waals surface area contributed by atoms with Crippen molar-refractivity contribution >= 4 is 25.7 Å². The van der Waals surface area contributed by atoms with E-state index >= 15 is 0 Å². The third kappa shape index (κ3) is 36.4. The molecule has 0 aromatic heterocycles. The van der Waals surface area contributed by atoms with Crippen molar-refractivity contribution in [1.82, 2.24) is 0 Å². The van der Waals surface area contributed by atoms with Crippen LogP contribution in [0.5, 0.6) is 0 Å². The quantitative estimate of drug-likeness (QED) is 0.00673. The van der Waals surface area contributed by atoms with E-state index in [1.54, 1.807) is 6.08 Å². The fraction of sp³-hybridized carbons (Fsp3) is 0.901. The molecule has 24 nitrogen and oxygen atoms in total. The zero-order valence-corrected chi connectivity index (χ0v) is 59.3. The highest BCUT2D eigenvalue weighted by Crippen LogP contribution is 2.49. The molecule has 0 bridgehead atoms. The van der Waals surface area contributed by atoms with Crippen molar-refractivity contribution in [2.45, 2.75) is 382 Å². The van der Waals surface area contributed by atoms with Crippen molar-refractivity contribution in [1.29, 1.82) is 0 Å². The van der Waals surface area contributed by atoms with Crippen LogP contribution in [0.4, 0.5) is 0 Å². The predicted molar refractivity (Wildman–Crippen MR) is 361 cm³/mol. The number of ether oxygens (including phenoxy) is 7. The van der Waals surface area contributed by atoms with Crippen LogP contribution in [-0.4, -0.2) is 204 Å². The Kier molecular flexibility index (Phi) is 48.7. The first-order chi connectivity index (χ1) is 46.3. The van der Waals surface area contributed by atoms with Gasteiger partial charge in [-0.1, -0.05) is 257 Å². The van der Waals surface area contributed by atoms with Gasteiger partial charge in [0.2, 0.25) is 0 Å². The van der Waals surface area contributed by atoms with Crippen LogP contribution in [0, 0.1) is 0 Å². The average molecular weight is 1400 g/mol. The van der Waals surface area contributed by atoms with Crippen LogP contribution in [0.25, 0.3) is 0 Å². The van der Waals surface area contributed by atoms with E-state index in [4.69, 9.17) is 42.2 Å². The van der Waals surface area contributed by atoms with Gasteiger partial charge in [-0.05, 0) is 25.7 Å². The number of allylic oxidation sites excluding steroid dienone is 3. The van der Waals surface area contributed by atoms with Crippen LogP contribution >= 0.6 is 7.82 Å². The van der Waals surface area contributed by atoms with Gasteiger partial charge in [0.05, 0.1) is 13.2 Å². The number of hydrogen-bond acceptors (Lipinski definition) is 23. The molecule has 11 N–H and O–H groups in total. The van der Waals surface area contributed by atoms with Gasteiger partial charge in [-0.3, -0.25) is 18.6 Å². The Morgan fingerprint density at radius 1 is 0.427 bits per heavy atom. The van der Waals surface area contributed by atoms with Gasteiger partial charge in [-0.25, -0.2) is 9.36 Å². The second-order valence-electron chi connectivity index (χ2n) is 26.7. The maximum atomic E-state index is 14.3. The molecule has 3 fully saturated rings. The summed E-state index contributed by atoms with van der Waals surface area (Å²) in [5, 5.41) is 110. The van der Waals surface area contributed by atoms with Gasteiger partial charge in [0.25, 0.3) is 0 Å². The SMILES string of the molecule is CCCCCCCCCCCCC/C=C/C=C/C(=O)OC(COC(=O)CCCCCCCCCCCCCCCC)COP(=O)(O)OC1C(OC2OC(CO)C(O)C(O)C2O)C(O)C(O)C(O)C1OC1OC(COC(=O)CCCCCCCCCCCCCC)C(O)C(O)C1O. The number of unbranched alkanes of at least 4 members (excludes halogenated alkanes) is 35. The van der Waals surface area contributed by atoms with Crippen molar-refractivity contribution in [3.05, 3.63) is 24.3 Å². The van der Waals surface area contributed by atoms with Crippen LogP contribution in [0.3, 0.4) is 0 Å². The number of esters is 3. The minimum Gasteiger partial charge on any atom is -0.463 e. The Bertz CT molecular complexity index is 2090. The Morgan fingerprint density at radius 2 is 0.792 bits per heavy atom. The van der Waals surface area contributed by atoms with Crippen LogP contribution in [0.1, 0.15) is 278 Å². The second-order valence-corrected chi connectivity index (χ2v) is 28.1. The highest BCUT2D eigenvalue weighted by molar-refractivity contribution is 7.47. The van der Waals surface area contributed by atoms with Gasteiger partial charge in [0.15, 0.2) is 18.7 Å². The van der Waals surface area contributed by atoms with Crippen molar-refractivity contribution in [2.24, 2.45) is 0 Å². The Balaban J connectivity index is 1.77. The number of phosphoric acid groups is 1. The first-order valence-corrected chi connectivity index (χ1v) is 38.7. The summed E-state index contributed by atoms with van der Waals surface area (Å²) in [5.74, 6) is -2.24. The molecule has 3 rings (SSSR count). The Hall–Kier alpha value is -2.56. The summed E-state index contributed by atoms with van der Waals surface area (Å²) >= 11 is 0. The molecule has 18 atom stereocenters. The summed E-state index contributed by atoms with van der Waals surface area (Å²) in [6, 6.07) is 0. The van der Waals surface area contributed by atoms with Gasteiger partial charge in [0.1, 0.15) is 98.7 Å². The molecule has 96 heavy (non-hydrogen) atoms. The molecular formula is C71H129O24P. The molecule has 18 unspecified atom stereocenters. The summed E-state index contributed by atoms with van der Waals surface area (Å²) in [5.41, 5.74) is 0. The summed E-state index contributed by atoms with van der Waals surface area (Å²) < 4.78 is 64.7. The molecule has 2 heterocycles. The predicted octanol–water partition coefficient (Wildman–Crippen LogP) is 9.74. The smallest absolute Gasteiger partial charge is 0.463 e. The Morgan fingerprint density at radius 3 is 1.21 bits per heavy atom. The van der Waals surface area contributed by atoms with Crippen LogP contribution < -0.4 is 0 Å². The van der Waals surface area contributed by atoms with Crippen molar-refractivity contribution in [3.8, 4) is 0 Å². The number of aliphatic hydroxyl groups excluding tert-OH is 10. The second kappa shape index (κ2) is 53.3. The molecular weight excluding hydrogens is 1270 g/mol. The lowest BCUT2D eigenvalue weighted by Gasteiger charge is -2.49. The molecule has 0 aromatic carbocycles. The maximum Gasteiger partial charge on any atom is 0.472 e. The molecule has 1 saturated carbocycles. The fourth-order valence-corrected chi connectivity index (χ4v) is 13.2. The molecule has 2 aliphatic heterocycles. The van der Waals surface area contributed by atoms with Crippen molar-refractivity contribution in [2.75, 3.05) is 26.4 Å². The molecule has 3 aliphatic rings. The third-order valence-corrected chi connectivity index (χ3v) is 19.3. The average Bonchev–Trinajstić information content (AvgIpc) is 0.768. The summed E-state index contributed by atoms with van der Waals surface area (Å²) in [6.45, 7) is 3.33. The first kappa shape index (κ1) is 87.7. The highest BCUT2D eigenvalue weighted by atomic mass is 31.2. The van der Waals surface area contributed by atoms with E-state index in [1.165, 1.54) is 147 Å². The number of aliphatic hydroxyl groups is 10. The van der Waals surface area contributed by atoms with Crippen molar-refractivity contribution in [3.63, 3.8) is 0 Å². The van der Waals surface area contributed by atoms with Gasteiger partial charge in [0, 0.05) is 18.9 Å². The molecule has 2 saturated heterocycles. The van der Waals surface area contributed by atoms with Gasteiger partial charge >= 0.3 is 25.7 Å². The molecule has 0 spiro atoms. The summed E-state index contributed by atoms with van der Waals surface area (Å²) in [6.07, 6.45) is 13.2. The number of carbonyl (C=O) groups excluding carboxylic acids is 3. The number of carbonyl (C=O) groups is 3. The normalized spacial score (nSPS) is 28.1. The molecule has 1 aliphatic carbocycles. The minimum atomic E-state index is -5.72. The van der Waals surface area contributed by atoms with Crippen LogP contribution in [0.15, 0.2) is 24.3 Å². The molecule has 0 amide bonds. The number of phosphoric ester groups is 1. The van der Waals surface area contributed by atoms with Gasteiger partial charge in [-0.15, -0.1) is 0 Å². The number of hydrogen-bond donors (Lipinski definition) is 11. The fourth-order valence-electron chi connectivity index (χ4n) is 12.3. The van der Waals surface area contributed by atoms with E-state index in [-0.39, 0.29) is 12.8 Å². The zero-order chi connectivity index (χ0) is 70.4. The lowest BCUT2D eigenvalue weighted by Crippen LogP contribution is -2.69. The molecule has 0 radical (unpaired) electrons. The topological polar surface area (TPSA) is 374 Å². The van der Waals surface area contributed by atoms with Crippen LogP contribution in [0.2, 0.25) is 0 Å². The molecule has 0 aromatic rings. The monoisotopic (exact) mass is 1400 g/mol. The first-order valence-electron chi connectivity index (χ1n) is 37.2. The lowest BCUT2D eigenvalue weighted by atomic mass is 9.84. The van der Waals surface area contributed by atoms with E-state index in [0.717, 1.165) is 96.0 Å². The van der Waals surface area contributed by atoms with E-state index in [0.29, 0.717) is 12.8 Å². The highest BCUT2D eigenvalue weighted by Gasteiger charge is 2.58. The third-order valence-electron chi connectivity index (χ3n) is 18.3. The standard InChI is InChI=1S/C71H129O24P/c1-4-7-10-13-16-19-22-25-27-29-32-35-38-41-44-47-57(75)90-52(49-87-55(73)45-42-39-36-34-31-28-26-23-20-17-14-11-8-5-2)50-89-96(85,86)95-69-67(93-70-65(83)60(78)58(76)53(48-72)91-70)63(81)62(80)64(82)68(69)94-71-66(84)61(79)59(77)54(92-71)51-88-56(74)46-43-40-37-33-30-24-21-18-15-12-9-6-3/h38,41,44,47,52-54,58-72,76-84H,4-37,39-40,42-43,45-46,48-51H2,1-3H3,(H,85,86)/b41-38+,47-44+.